The molecule has 3 heteroatoms. The number of hydrogen-bond donors (Lipinski definition) is 1. The number of nitrogen functional groups attached to an aromatic ring is 1. The van der Waals surface area contributed by atoms with Gasteiger partial charge in [-0.05, 0) is 31.7 Å². The molecular weight excluding hydrogens is 174 g/mol. The molecule has 0 aliphatic heterocycles. The predicted octanol–water partition coefficient (Wildman–Crippen LogP) is 1.61. The van der Waals surface area contributed by atoms with Gasteiger partial charge in [0.05, 0.1) is 12.1 Å². The number of benzene rings is 1. The van der Waals surface area contributed by atoms with Gasteiger partial charge in [-0.25, -0.2) is 0 Å². The second-order valence-electron chi connectivity index (χ2n) is 3.46. The molecule has 0 aromatic heterocycles. The van der Waals surface area contributed by atoms with Crippen molar-refractivity contribution < 1.29 is 0 Å². The van der Waals surface area contributed by atoms with Gasteiger partial charge >= 0.3 is 0 Å². The van der Waals surface area contributed by atoms with Crippen molar-refractivity contribution in [2.75, 3.05) is 12.8 Å². The highest BCUT2D eigenvalue weighted by Gasteiger charge is 2.07. The average molecular weight is 189 g/mol. The van der Waals surface area contributed by atoms with E-state index in [1.165, 1.54) is 5.56 Å². The number of nitrogens with zero attached hydrogens (tertiary/aromatic N) is 2. The molecule has 0 aliphatic rings. The monoisotopic (exact) mass is 189 g/mol. The summed E-state index contributed by atoms with van der Waals surface area (Å²) < 4.78 is 0. The molecule has 0 saturated heterocycles. The molecule has 0 amide bonds. The highest BCUT2D eigenvalue weighted by atomic mass is 15.1. The molecule has 2 N–H and O–H groups in total. The largest absolute Gasteiger partial charge is 0.399 e. The Morgan fingerprint density at radius 1 is 1.43 bits per heavy atom. The van der Waals surface area contributed by atoms with Gasteiger partial charge in [0.2, 0.25) is 0 Å². The lowest BCUT2D eigenvalue weighted by atomic mass is 10.2. The van der Waals surface area contributed by atoms with Crippen molar-refractivity contribution >= 4 is 5.69 Å². The molecule has 0 bridgehead atoms. The number of anilines is 1. The van der Waals surface area contributed by atoms with Gasteiger partial charge in [0, 0.05) is 12.2 Å². The normalized spacial score (nSPS) is 12.4. The minimum atomic E-state index is -0.0625. The summed E-state index contributed by atoms with van der Waals surface area (Å²) in [6.07, 6.45) is 0. The van der Waals surface area contributed by atoms with E-state index in [0.717, 1.165) is 12.2 Å². The van der Waals surface area contributed by atoms with E-state index in [9.17, 15) is 0 Å². The van der Waals surface area contributed by atoms with Crippen LogP contribution in [-0.2, 0) is 6.54 Å². The summed E-state index contributed by atoms with van der Waals surface area (Å²) in [5.74, 6) is 0. The molecule has 1 aromatic rings. The molecule has 0 saturated carbocycles. The van der Waals surface area contributed by atoms with Crippen molar-refractivity contribution in [1.29, 1.82) is 5.26 Å². The van der Waals surface area contributed by atoms with Gasteiger partial charge in [0.1, 0.15) is 0 Å². The summed E-state index contributed by atoms with van der Waals surface area (Å²) in [5, 5.41) is 8.72. The lowest BCUT2D eigenvalue weighted by Gasteiger charge is -2.18. The topological polar surface area (TPSA) is 53.0 Å². The maximum Gasteiger partial charge on any atom is 0.0949 e. The molecule has 1 rings (SSSR count). The summed E-state index contributed by atoms with van der Waals surface area (Å²) in [6.45, 7) is 2.66. The van der Waals surface area contributed by atoms with Crippen LogP contribution in [0.5, 0.6) is 0 Å². The van der Waals surface area contributed by atoms with E-state index >= 15 is 0 Å². The van der Waals surface area contributed by atoms with Crippen molar-refractivity contribution in [3.05, 3.63) is 29.8 Å². The fourth-order valence-electron chi connectivity index (χ4n) is 1.15. The molecule has 3 nitrogen and oxygen atoms in total. The van der Waals surface area contributed by atoms with E-state index in [4.69, 9.17) is 11.0 Å². The molecule has 1 aromatic carbocycles. The van der Waals surface area contributed by atoms with Crippen LogP contribution in [0.4, 0.5) is 5.69 Å². The van der Waals surface area contributed by atoms with Gasteiger partial charge in [-0.2, -0.15) is 5.26 Å². The Kier molecular flexibility index (Phi) is 3.49. The van der Waals surface area contributed by atoms with Gasteiger partial charge in [-0.15, -0.1) is 0 Å². The van der Waals surface area contributed by atoms with Crippen molar-refractivity contribution in [2.24, 2.45) is 0 Å². The van der Waals surface area contributed by atoms with Crippen LogP contribution in [0.1, 0.15) is 12.5 Å². The van der Waals surface area contributed by atoms with E-state index in [1.807, 2.05) is 43.1 Å². The lowest BCUT2D eigenvalue weighted by molar-refractivity contribution is 0.294. The zero-order valence-electron chi connectivity index (χ0n) is 8.57. The van der Waals surface area contributed by atoms with E-state index in [0.29, 0.717) is 0 Å². The Labute approximate surface area is 84.7 Å². The van der Waals surface area contributed by atoms with Crippen molar-refractivity contribution in [3.63, 3.8) is 0 Å². The first-order valence-electron chi connectivity index (χ1n) is 4.57. The third kappa shape index (κ3) is 2.75. The van der Waals surface area contributed by atoms with Crippen LogP contribution < -0.4 is 5.73 Å². The van der Waals surface area contributed by atoms with Crippen LogP contribution >= 0.6 is 0 Å². The Bertz CT molecular complexity index is 323. The lowest BCUT2D eigenvalue weighted by Crippen LogP contribution is -2.26. The maximum absolute atomic E-state index is 8.72. The smallest absolute Gasteiger partial charge is 0.0949 e. The van der Waals surface area contributed by atoms with Crippen molar-refractivity contribution in [3.8, 4) is 6.07 Å². The molecular formula is C11H15N3. The fraction of sp³-hybridized carbons (Fsp3) is 0.364. The number of hydrogen-bond acceptors (Lipinski definition) is 3. The summed E-state index contributed by atoms with van der Waals surface area (Å²) >= 11 is 0. The second kappa shape index (κ2) is 4.64. The molecule has 1 unspecified atom stereocenters. The van der Waals surface area contributed by atoms with Crippen molar-refractivity contribution in [2.45, 2.75) is 19.5 Å². The summed E-state index contributed by atoms with van der Waals surface area (Å²) in [4.78, 5) is 1.99. The Morgan fingerprint density at radius 2 is 2.00 bits per heavy atom. The third-order valence-electron chi connectivity index (χ3n) is 2.26. The summed E-state index contributed by atoms with van der Waals surface area (Å²) in [5.41, 5.74) is 7.52. The SMILES string of the molecule is CC(C#N)N(C)Cc1ccc(N)cc1. The fourth-order valence-corrected chi connectivity index (χ4v) is 1.15. The molecule has 0 heterocycles. The predicted molar refractivity (Wildman–Crippen MR) is 57.4 cm³/mol. The van der Waals surface area contributed by atoms with E-state index in [1.54, 1.807) is 0 Å². The van der Waals surface area contributed by atoms with Gasteiger partial charge < -0.3 is 5.73 Å². The first-order chi connectivity index (χ1) is 6.63. The van der Waals surface area contributed by atoms with Crippen LogP contribution in [-0.4, -0.2) is 18.0 Å². The van der Waals surface area contributed by atoms with Crippen molar-refractivity contribution in [1.82, 2.24) is 4.90 Å². The molecule has 0 aliphatic carbocycles. The Balaban J connectivity index is 2.61. The third-order valence-corrected chi connectivity index (χ3v) is 2.26. The van der Waals surface area contributed by atoms with Crippen LogP contribution in [0.15, 0.2) is 24.3 Å². The standard InChI is InChI=1S/C11H15N3/c1-9(7-12)14(2)8-10-3-5-11(13)6-4-10/h3-6,9H,8,13H2,1-2H3. The van der Waals surface area contributed by atoms with Gasteiger partial charge in [-0.3, -0.25) is 4.90 Å². The van der Waals surface area contributed by atoms with E-state index in [2.05, 4.69) is 6.07 Å². The number of rotatable bonds is 3. The van der Waals surface area contributed by atoms with E-state index < -0.39 is 0 Å². The zero-order valence-corrected chi connectivity index (χ0v) is 8.57. The molecule has 0 fully saturated rings. The Morgan fingerprint density at radius 3 is 2.50 bits per heavy atom. The molecule has 14 heavy (non-hydrogen) atoms. The van der Waals surface area contributed by atoms with Gasteiger partial charge in [0.25, 0.3) is 0 Å². The zero-order chi connectivity index (χ0) is 10.6. The second-order valence-corrected chi connectivity index (χ2v) is 3.46. The van der Waals surface area contributed by atoms with Crippen LogP contribution in [0, 0.1) is 11.3 Å². The highest BCUT2D eigenvalue weighted by molar-refractivity contribution is 5.39. The molecule has 74 valence electrons. The summed E-state index contributed by atoms with van der Waals surface area (Å²) in [7, 11) is 1.93. The average Bonchev–Trinajstić information content (AvgIpc) is 2.20. The maximum atomic E-state index is 8.72. The first kappa shape index (κ1) is 10.6. The molecule has 1 atom stereocenters. The van der Waals surface area contributed by atoms with Crippen LogP contribution in [0.2, 0.25) is 0 Å². The minimum Gasteiger partial charge on any atom is -0.399 e. The first-order valence-corrected chi connectivity index (χ1v) is 4.57. The van der Waals surface area contributed by atoms with Gasteiger partial charge in [0.15, 0.2) is 0 Å². The van der Waals surface area contributed by atoms with Gasteiger partial charge in [-0.1, -0.05) is 12.1 Å². The van der Waals surface area contributed by atoms with Crippen LogP contribution in [0.25, 0.3) is 0 Å². The molecule has 0 spiro atoms. The Hall–Kier alpha value is -1.53. The number of nitriles is 1. The quantitative estimate of drug-likeness (QED) is 0.735. The summed E-state index contributed by atoms with van der Waals surface area (Å²) in [6, 6.07) is 9.85. The van der Waals surface area contributed by atoms with E-state index in [-0.39, 0.29) is 6.04 Å². The number of nitrogens with two attached hydrogens (primary N) is 1. The highest BCUT2D eigenvalue weighted by Crippen LogP contribution is 2.08. The van der Waals surface area contributed by atoms with Crippen LogP contribution in [0.3, 0.4) is 0 Å². The molecule has 0 radical (unpaired) electrons. The minimum absolute atomic E-state index is 0.0625.